The standard InChI is InChI=1S/C30H35N3O2Si/c1-18(2)36(19(3)4,20(5)6)16-15-22-17-23-21(7)13-14-25-27(23)33(22)29(35)31-30(25)24-11-9-10-12-26(24)32(8)28(30)34/h9-14,17-20H,1-8H3,(H,31,35). The van der Waals surface area contributed by atoms with Crippen molar-refractivity contribution in [2.75, 3.05) is 11.9 Å². The molecule has 6 heteroatoms. The molecule has 0 aliphatic carbocycles. The fourth-order valence-electron chi connectivity index (χ4n) is 6.89. The third-order valence-corrected chi connectivity index (χ3v) is 14.9. The largest absolute Gasteiger partial charge is 0.328 e. The van der Waals surface area contributed by atoms with E-state index in [2.05, 4.69) is 58.3 Å². The Morgan fingerprint density at radius 3 is 2.19 bits per heavy atom. The van der Waals surface area contributed by atoms with Crippen molar-refractivity contribution in [3.8, 4) is 11.5 Å². The molecule has 1 atom stereocenters. The summed E-state index contributed by atoms with van der Waals surface area (Å²) in [6.45, 7) is 15.8. The first-order valence-electron chi connectivity index (χ1n) is 12.9. The molecule has 2 aromatic carbocycles. The van der Waals surface area contributed by atoms with Crippen LogP contribution in [-0.4, -0.2) is 31.6 Å². The Labute approximate surface area is 214 Å². The molecule has 5 rings (SSSR count). The van der Waals surface area contributed by atoms with Gasteiger partial charge in [0.15, 0.2) is 5.54 Å². The Balaban J connectivity index is 1.81. The van der Waals surface area contributed by atoms with Crippen LogP contribution in [0, 0.1) is 18.4 Å². The van der Waals surface area contributed by atoms with Gasteiger partial charge in [-0.2, -0.15) is 0 Å². The van der Waals surface area contributed by atoms with Crippen molar-refractivity contribution in [3.05, 3.63) is 64.8 Å². The summed E-state index contributed by atoms with van der Waals surface area (Å²) in [4.78, 5) is 29.3. The van der Waals surface area contributed by atoms with E-state index in [0.29, 0.717) is 22.3 Å². The molecule has 0 saturated heterocycles. The highest BCUT2D eigenvalue weighted by molar-refractivity contribution is 6.90. The van der Waals surface area contributed by atoms with Crippen molar-refractivity contribution < 1.29 is 9.59 Å². The summed E-state index contributed by atoms with van der Waals surface area (Å²) in [7, 11) is -0.223. The average Bonchev–Trinajstić information content (AvgIpc) is 3.30. The molecule has 1 spiro atoms. The minimum atomic E-state index is -1.99. The minimum absolute atomic E-state index is 0.145. The van der Waals surface area contributed by atoms with E-state index in [0.717, 1.165) is 33.3 Å². The van der Waals surface area contributed by atoms with Crippen molar-refractivity contribution >= 4 is 36.6 Å². The van der Waals surface area contributed by atoms with Gasteiger partial charge in [-0.15, -0.1) is 5.54 Å². The summed E-state index contributed by atoms with van der Waals surface area (Å²) < 4.78 is 1.70. The van der Waals surface area contributed by atoms with E-state index in [4.69, 9.17) is 0 Å². The Bertz CT molecular complexity index is 1470. The molecule has 1 aromatic heterocycles. The zero-order valence-electron chi connectivity index (χ0n) is 22.5. The summed E-state index contributed by atoms with van der Waals surface area (Å²) in [6.07, 6.45) is 0. The smallest absolute Gasteiger partial charge is 0.315 e. The molecule has 2 amide bonds. The van der Waals surface area contributed by atoms with Crippen LogP contribution >= 0.6 is 0 Å². The summed E-state index contributed by atoms with van der Waals surface area (Å²) in [5.41, 5.74) is 8.99. The molecule has 0 fully saturated rings. The maximum atomic E-state index is 13.8. The zero-order valence-corrected chi connectivity index (χ0v) is 23.5. The Morgan fingerprint density at radius 1 is 0.917 bits per heavy atom. The van der Waals surface area contributed by atoms with Crippen molar-refractivity contribution in [1.29, 1.82) is 0 Å². The lowest BCUT2D eigenvalue weighted by atomic mass is 9.81. The molecule has 0 bridgehead atoms. The van der Waals surface area contributed by atoms with E-state index in [1.807, 2.05) is 49.4 Å². The molecule has 186 valence electrons. The molecule has 2 aliphatic rings. The number of likely N-dealkylation sites (N-methyl/N-ethyl adjacent to an activating group) is 1. The lowest BCUT2D eigenvalue weighted by molar-refractivity contribution is -0.122. The fourth-order valence-corrected chi connectivity index (χ4v) is 12.1. The first kappa shape index (κ1) is 24.4. The van der Waals surface area contributed by atoms with Gasteiger partial charge in [0.05, 0.1) is 5.52 Å². The van der Waals surface area contributed by atoms with Gasteiger partial charge in [0, 0.05) is 29.2 Å². The number of hydrogen-bond acceptors (Lipinski definition) is 2. The quantitative estimate of drug-likeness (QED) is 0.340. The molecule has 0 saturated carbocycles. The second-order valence-electron chi connectivity index (χ2n) is 11.3. The number of amides is 2. The number of nitrogens with zero attached hydrogens (tertiary/aromatic N) is 2. The summed E-state index contributed by atoms with van der Waals surface area (Å²) in [5, 5.41) is 4.10. The summed E-state index contributed by atoms with van der Waals surface area (Å²) in [5.74, 6) is 3.35. The molecule has 36 heavy (non-hydrogen) atoms. The third-order valence-electron chi connectivity index (χ3n) is 8.65. The Kier molecular flexibility index (Phi) is 5.49. The SMILES string of the molecule is Cc1ccc2c3c1cc(C#C[Si](C(C)C)(C(C)C)C(C)C)n3C(=O)NC21C(=O)N(C)c2ccccc21. The van der Waals surface area contributed by atoms with Gasteiger partial charge in [-0.05, 0) is 41.2 Å². The molecular formula is C30H35N3O2Si. The van der Waals surface area contributed by atoms with Crippen LogP contribution in [0.4, 0.5) is 10.5 Å². The number of hydrogen-bond donors (Lipinski definition) is 1. The molecule has 1 N–H and O–H groups in total. The molecule has 3 heterocycles. The number of para-hydroxylation sites is 1. The number of carbonyl (C=O) groups is 2. The van der Waals surface area contributed by atoms with Crippen LogP contribution in [0.1, 0.15) is 63.9 Å². The van der Waals surface area contributed by atoms with Gasteiger partial charge in [0.1, 0.15) is 13.8 Å². The monoisotopic (exact) mass is 497 g/mol. The lowest BCUT2D eigenvalue weighted by Crippen LogP contribution is -2.57. The Morgan fingerprint density at radius 2 is 1.56 bits per heavy atom. The van der Waals surface area contributed by atoms with Crippen LogP contribution in [0.25, 0.3) is 10.9 Å². The normalized spacial score (nSPS) is 18.9. The van der Waals surface area contributed by atoms with Gasteiger partial charge < -0.3 is 10.2 Å². The van der Waals surface area contributed by atoms with Gasteiger partial charge in [0.25, 0.3) is 5.91 Å². The van der Waals surface area contributed by atoms with Gasteiger partial charge in [0.2, 0.25) is 0 Å². The highest BCUT2D eigenvalue weighted by Crippen LogP contribution is 2.48. The van der Waals surface area contributed by atoms with E-state index in [9.17, 15) is 9.59 Å². The minimum Gasteiger partial charge on any atom is -0.315 e. The van der Waals surface area contributed by atoms with Gasteiger partial charge >= 0.3 is 6.03 Å². The highest BCUT2D eigenvalue weighted by atomic mass is 28.3. The summed E-state index contributed by atoms with van der Waals surface area (Å²) in [6, 6.07) is 13.5. The molecular weight excluding hydrogens is 462 g/mol. The molecule has 1 unspecified atom stereocenters. The van der Waals surface area contributed by atoms with Crippen LogP contribution in [0.15, 0.2) is 42.5 Å². The number of aryl methyl sites for hydroxylation is 1. The number of nitrogens with one attached hydrogen (secondary N) is 1. The first-order chi connectivity index (χ1) is 17.0. The maximum Gasteiger partial charge on any atom is 0.328 e. The Hall–Kier alpha value is -3.30. The van der Waals surface area contributed by atoms with Crippen molar-refractivity contribution in [2.24, 2.45) is 0 Å². The highest BCUT2D eigenvalue weighted by Gasteiger charge is 2.55. The van der Waals surface area contributed by atoms with E-state index in [1.165, 1.54) is 0 Å². The number of fused-ring (bicyclic) bond motifs is 3. The second-order valence-corrected chi connectivity index (χ2v) is 16.8. The van der Waals surface area contributed by atoms with Gasteiger partial charge in [-0.1, -0.05) is 77.8 Å². The first-order valence-corrected chi connectivity index (χ1v) is 15.1. The lowest BCUT2D eigenvalue weighted by Gasteiger charge is -2.38. The fraction of sp³-hybridized carbons (Fsp3) is 0.400. The van der Waals surface area contributed by atoms with E-state index >= 15 is 0 Å². The van der Waals surface area contributed by atoms with Crippen LogP contribution in [0.5, 0.6) is 0 Å². The maximum absolute atomic E-state index is 13.8. The van der Waals surface area contributed by atoms with Crippen LogP contribution in [0.3, 0.4) is 0 Å². The molecule has 3 aromatic rings. The predicted molar refractivity (Wildman–Crippen MR) is 149 cm³/mol. The van der Waals surface area contributed by atoms with Crippen LogP contribution < -0.4 is 10.2 Å². The van der Waals surface area contributed by atoms with E-state index in [1.54, 1.807) is 16.5 Å². The number of rotatable bonds is 3. The number of anilines is 1. The van der Waals surface area contributed by atoms with Gasteiger partial charge in [-0.3, -0.25) is 9.36 Å². The van der Waals surface area contributed by atoms with Crippen LogP contribution in [-0.2, 0) is 10.3 Å². The molecule has 2 aliphatic heterocycles. The third kappa shape index (κ3) is 2.96. The average molecular weight is 498 g/mol. The zero-order chi connectivity index (χ0) is 26.2. The van der Waals surface area contributed by atoms with Gasteiger partial charge in [-0.25, -0.2) is 4.79 Å². The summed E-state index contributed by atoms with van der Waals surface area (Å²) >= 11 is 0. The second kappa shape index (κ2) is 8.11. The number of benzene rings is 2. The number of carbonyl (C=O) groups excluding carboxylic acids is 2. The number of aromatic nitrogens is 1. The topological polar surface area (TPSA) is 54.3 Å². The molecule has 5 nitrogen and oxygen atoms in total. The van der Waals surface area contributed by atoms with Crippen molar-refractivity contribution in [1.82, 2.24) is 9.88 Å². The van der Waals surface area contributed by atoms with E-state index in [-0.39, 0.29) is 11.9 Å². The van der Waals surface area contributed by atoms with Crippen LogP contribution in [0.2, 0.25) is 16.6 Å². The van der Waals surface area contributed by atoms with Crippen molar-refractivity contribution in [2.45, 2.75) is 70.6 Å². The van der Waals surface area contributed by atoms with E-state index < -0.39 is 13.6 Å². The van der Waals surface area contributed by atoms with Crippen molar-refractivity contribution in [3.63, 3.8) is 0 Å². The molecule has 0 radical (unpaired) electrons. The predicted octanol–water partition coefficient (Wildman–Crippen LogP) is 6.31.